The Morgan fingerprint density at radius 2 is 1.80 bits per heavy atom. The van der Waals surface area contributed by atoms with Crippen molar-refractivity contribution in [2.75, 3.05) is 12.9 Å². The lowest BCUT2D eigenvalue weighted by molar-refractivity contribution is 0.408. The molecular weight excluding hydrogens is 438 g/mol. The van der Waals surface area contributed by atoms with Crippen molar-refractivity contribution in [3.8, 4) is 5.75 Å². The lowest BCUT2D eigenvalue weighted by Crippen LogP contribution is -1.96. The van der Waals surface area contributed by atoms with Gasteiger partial charge < -0.3 is 9.05 Å². The predicted octanol–water partition coefficient (Wildman–Crippen LogP) is 6.55. The van der Waals surface area contributed by atoms with Gasteiger partial charge in [0.2, 0.25) is 0 Å². The van der Waals surface area contributed by atoms with Crippen LogP contribution in [0.4, 0.5) is 0 Å². The fourth-order valence-electron chi connectivity index (χ4n) is 1.81. The number of halogens is 2. The zero-order valence-electron chi connectivity index (χ0n) is 13.6. The van der Waals surface area contributed by atoms with Gasteiger partial charge in [-0.25, -0.2) is 4.21 Å². The van der Waals surface area contributed by atoms with Crippen molar-refractivity contribution < 1.29 is 13.3 Å². The highest BCUT2D eigenvalue weighted by Gasteiger charge is 2.21. The highest BCUT2D eigenvalue weighted by molar-refractivity contribution is 8.68. The smallest absolute Gasteiger partial charge is 0.297 e. The lowest BCUT2D eigenvalue weighted by Gasteiger charge is -2.20. The predicted molar refractivity (Wildman–Crippen MR) is 112 cm³/mol. The van der Waals surface area contributed by atoms with E-state index in [1.165, 1.54) is 11.4 Å². The summed E-state index contributed by atoms with van der Waals surface area (Å²) in [5.41, 5.74) is -2.49. The van der Waals surface area contributed by atoms with Gasteiger partial charge in [-0.05, 0) is 60.7 Å². The van der Waals surface area contributed by atoms with Crippen LogP contribution >= 0.6 is 40.3 Å². The zero-order chi connectivity index (χ0) is 18.4. The van der Waals surface area contributed by atoms with Crippen LogP contribution in [0, 0.1) is 0 Å². The first-order valence-corrected chi connectivity index (χ1v) is 13.5. The molecule has 0 aliphatic rings. The van der Waals surface area contributed by atoms with Gasteiger partial charge in [-0.1, -0.05) is 41.5 Å². The summed E-state index contributed by atoms with van der Waals surface area (Å²) in [6, 6.07) is 11.9. The minimum absolute atomic E-state index is 0.350. The molecule has 0 amide bonds. The fraction of sp³-hybridized carbons (Fsp3) is 0.250. The Morgan fingerprint density at radius 3 is 2.36 bits per heavy atom. The highest BCUT2D eigenvalue weighted by atomic mass is 35.5. The summed E-state index contributed by atoms with van der Waals surface area (Å²) in [5.74, 6) is 1.29. The highest BCUT2D eigenvalue weighted by Crippen LogP contribution is 2.60. The van der Waals surface area contributed by atoms with E-state index in [2.05, 4.69) is 6.92 Å². The van der Waals surface area contributed by atoms with E-state index in [1.54, 1.807) is 49.6 Å². The van der Waals surface area contributed by atoms with Crippen molar-refractivity contribution in [2.24, 2.45) is 0 Å². The van der Waals surface area contributed by atoms with Crippen molar-refractivity contribution in [3.63, 3.8) is 0 Å². The van der Waals surface area contributed by atoms with E-state index in [-0.39, 0.29) is 0 Å². The molecule has 0 aliphatic heterocycles. The Balaban J connectivity index is 2.21. The van der Waals surface area contributed by atoms with E-state index in [4.69, 9.17) is 44.1 Å². The Labute approximate surface area is 169 Å². The molecule has 0 aliphatic carbocycles. The maximum atomic E-state index is 12.6. The fourth-order valence-corrected chi connectivity index (χ4v) is 7.23. The van der Waals surface area contributed by atoms with Crippen LogP contribution in [0.3, 0.4) is 0 Å². The van der Waals surface area contributed by atoms with E-state index >= 15 is 0 Å². The molecule has 9 heteroatoms. The van der Waals surface area contributed by atoms with Gasteiger partial charge in [0.1, 0.15) is 5.75 Å². The summed E-state index contributed by atoms with van der Waals surface area (Å²) in [5, 5.41) is 0.945. The van der Waals surface area contributed by atoms with E-state index < -0.39 is 16.5 Å². The Kier molecular flexibility index (Phi) is 8.28. The third kappa shape index (κ3) is 5.96. The van der Waals surface area contributed by atoms with Crippen molar-refractivity contribution in [1.82, 2.24) is 0 Å². The van der Waals surface area contributed by atoms with Gasteiger partial charge in [0.15, 0.2) is 0 Å². The van der Waals surface area contributed by atoms with Crippen LogP contribution in [0.5, 0.6) is 5.75 Å². The Bertz CT molecular complexity index is 800. The summed E-state index contributed by atoms with van der Waals surface area (Å²) < 4.78 is 23.9. The van der Waals surface area contributed by atoms with Gasteiger partial charge in [-0.2, -0.15) is 0 Å². The van der Waals surface area contributed by atoms with Gasteiger partial charge in [0.25, 0.3) is 5.69 Å². The minimum atomic E-state index is -2.49. The molecule has 2 unspecified atom stereocenters. The molecule has 136 valence electrons. The number of benzene rings is 2. The zero-order valence-corrected chi connectivity index (χ0v) is 18.5. The second-order valence-corrected chi connectivity index (χ2v) is 13.7. The summed E-state index contributed by atoms with van der Waals surface area (Å²) in [6.07, 6.45) is 0.975. The first kappa shape index (κ1) is 21.2. The van der Waals surface area contributed by atoms with Crippen LogP contribution in [0.2, 0.25) is 10.0 Å². The summed E-state index contributed by atoms with van der Waals surface area (Å²) >= 11 is 19.1. The summed E-state index contributed by atoms with van der Waals surface area (Å²) in [6.45, 7) is 2.07. The molecule has 2 rings (SSSR count). The van der Waals surface area contributed by atoms with Gasteiger partial charge in [-0.15, -0.1) is 0 Å². The second-order valence-electron chi connectivity index (χ2n) is 4.87. The van der Waals surface area contributed by atoms with Crippen LogP contribution < -0.4 is 4.52 Å². The van der Waals surface area contributed by atoms with E-state index in [9.17, 15) is 4.21 Å². The molecule has 0 heterocycles. The third-order valence-corrected chi connectivity index (χ3v) is 10.5. The molecule has 0 fully saturated rings. The van der Waals surface area contributed by atoms with Gasteiger partial charge in [0.05, 0.1) is 15.8 Å². The van der Waals surface area contributed by atoms with E-state index in [1.807, 2.05) is 0 Å². The topological polar surface area (TPSA) is 35.5 Å². The normalized spacial score (nSPS) is 14.7. The molecule has 0 saturated carbocycles. The molecule has 2 aromatic carbocycles. The first-order chi connectivity index (χ1) is 11.9. The average molecular weight is 455 g/mol. The SMILES string of the molecule is CCCSP(=S)(OC)Oc1ccc(S(=O)c2ccc(Cl)cc2)cc1Cl. The largest absolute Gasteiger partial charge is 0.435 e. The average Bonchev–Trinajstić information content (AvgIpc) is 2.62. The number of hydrogen-bond donors (Lipinski definition) is 0. The minimum Gasteiger partial charge on any atom is -0.435 e. The quantitative estimate of drug-likeness (QED) is 0.422. The van der Waals surface area contributed by atoms with Crippen LogP contribution in [-0.2, 0) is 27.1 Å². The molecule has 3 nitrogen and oxygen atoms in total. The van der Waals surface area contributed by atoms with Crippen LogP contribution in [0.25, 0.3) is 0 Å². The molecule has 2 atom stereocenters. The van der Waals surface area contributed by atoms with E-state index in [0.717, 1.165) is 12.2 Å². The van der Waals surface area contributed by atoms with Gasteiger partial charge in [-0.3, -0.25) is 0 Å². The molecule has 0 aromatic heterocycles. The Hall–Kier alpha value is -0.0700. The summed E-state index contributed by atoms with van der Waals surface area (Å²) in [7, 11) is 0.188. The molecule has 0 bridgehead atoms. The van der Waals surface area contributed by atoms with Crippen LogP contribution in [-0.4, -0.2) is 17.1 Å². The van der Waals surface area contributed by atoms with Crippen molar-refractivity contribution in [1.29, 1.82) is 0 Å². The lowest BCUT2D eigenvalue weighted by atomic mass is 10.3. The molecule has 2 aromatic rings. The van der Waals surface area contributed by atoms with Gasteiger partial charge in [0, 0.05) is 27.7 Å². The van der Waals surface area contributed by atoms with Gasteiger partial charge >= 0.3 is 0 Å². The molecule has 0 saturated heterocycles. The monoisotopic (exact) mass is 454 g/mol. The molecular formula is C16H17Cl2O3PS3. The Morgan fingerprint density at radius 1 is 1.16 bits per heavy atom. The maximum Gasteiger partial charge on any atom is 0.297 e. The standard InChI is InChI=1S/C16H17Cl2O3PS3/c1-3-10-24-22(23,20-2)21-16-9-8-14(11-15(16)18)25(19)13-6-4-12(17)5-7-13/h4-9,11H,3,10H2,1-2H3. The second kappa shape index (κ2) is 9.75. The molecule has 0 spiro atoms. The molecule has 0 radical (unpaired) electrons. The summed E-state index contributed by atoms with van der Waals surface area (Å²) in [4.78, 5) is 1.22. The van der Waals surface area contributed by atoms with Crippen LogP contribution in [0.15, 0.2) is 52.3 Å². The molecule has 0 N–H and O–H groups in total. The van der Waals surface area contributed by atoms with Crippen molar-refractivity contribution in [2.45, 2.75) is 23.1 Å². The van der Waals surface area contributed by atoms with Crippen LogP contribution in [0.1, 0.15) is 13.3 Å². The third-order valence-electron chi connectivity index (χ3n) is 3.03. The number of rotatable bonds is 8. The van der Waals surface area contributed by atoms with Crippen molar-refractivity contribution >= 4 is 62.9 Å². The van der Waals surface area contributed by atoms with Crippen molar-refractivity contribution in [3.05, 3.63) is 52.5 Å². The molecule has 25 heavy (non-hydrogen) atoms. The van der Waals surface area contributed by atoms with E-state index in [0.29, 0.717) is 25.6 Å². The number of hydrogen-bond acceptors (Lipinski definition) is 5. The maximum absolute atomic E-state index is 12.6. The first-order valence-electron chi connectivity index (χ1n) is 7.35.